The van der Waals surface area contributed by atoms with Gasteiger partial charge in [-0.1, -0.05) is 61.7 Å². The van der Waals surface area contributed by atoms with E-state index in [-0.39, 0.29) is 0 Å². The van der Waals surface area contributed by atoms with Crippen molar-refractivity contribution < 1.29 is 0 Å². The Morgan fingerprint density at radius 2 is 1.58 bits per heavy atom. The van der Waals surface area contributed by atoms with Crippen molar-refractivity contribution in [2.24, 2.45) is 0 Å². The lowest BCUT2D eigenvalue weighted by molar-refractivity contribution is 0.224. The van der Waals surface area contributed by atoms with Gasteiger partial charge in [-0.05, 0) is 68.2 Å². The minimum absolute atomic E-state index is 0.981. The second kappa shape index (κ2) is 9.80. The van der Waals surface area contributed by atoms with Crippen molar-refractivity contribution in [3.8, 4) is 0 Å². The molecular weight excluding hydrogens is 292 g/mol. The minimum Gasteiger partial charge on any atom is -0.313 e. The lowest BCUT2D eigenvalue weighted by Gasteiger charge is -2.26. The first-order valence-electron chi connectivity index (χ1n) is 9.83. The number of hydrogen-bond donors (Lipinski definition) is 1. The molecule has 1 N–H and O–H groups in total. The molecule has 1 aliphatic heterocycles. The van der Waals surface area contributed by atoms with Crippen LogP contribution in [-0.2, 0) is 6.54 Å². The third kappa shape index (κ3) is 5.32. The Balaban J connectivity index is 1.27. The fraction of sp³-hybridized carbons (Fsp3) is 0.545. The molecule has 2 nitrogen and oxygen atoms in total. The molecule has 3 rings (SSSR count). The van der Waals surface area contributed by atoms with Gasteiger partial charge in [0.2, 0.25) is 0 Å². The van der Waals surface area contributed by atoms with Gasteiger partial charge in [-0.2, -0.15) is 0 Å². The van der Waals surface area contributed by atoms with Gasteiger partial charge in [0.1, 0.15) is 0 Å². The van der Waals surface area contributed by atoms with Gasteiger partial charge in [0.05, 0.1) is 0 Å². The fourth-order valence-electron chi connectivity index (χ4n) is 3.79. The van der Waals surface area contributed by atoms with Crippen LogP contribution in [0.5, 0.6) is 0 Å². The average Bonchev–Trinajstić information content (AvgIpc) is 2.65. The van der Waals surface area contributed by atoms with Crippen molar-refractivity contribution in [2.45, 2.75) is 51.5 Å². The molecule has 2 aromatic rings. The quantitative estimate of drug-likeness (QED) is 0.655. The van der Waals surface area contributed by atoms with Crippen molar-refractivity contribution in [1.29, 1.82) is 0 Å². The second-order valence-corrected chi connectivity index (χ2v) is 7.13. The molecule has 2 heteroatoms. The SMILES string of the molecule is c1ccc2c(CNCCCCCCN3CCCCC3)cccc2c1. The van der Waals surface area contributed by atoms with Crippen LogP contribution in [0.1, 0.15) is 50.5 Å². The summed E-state index contributed by atoms with van der Waals surface area (Å²) in [6.07, 6.45) is 9.69. The lowest BCUT2D eigenvalue weighted by Crippen LogP contribution is -2.30. The zero-order chi connectivity index (χ0) is 16.5. The average molecular weight is 325 g/mol. The van der Waals surface area contributed by atoms with Gasteiger partial charge in [0.25, 0.3) is 0 Å². The zero-order valence-electron chi connectivity index (χ0n) is 15.0. The number of unbranched alkanes of at least 4 members (excludes halogenated alkanes) is 3. The number of likely N-dealkylation sites (tertiary alicyclic amines) is 1. The summed E-state index contributed by atoms with van der Waals surface area (Å²) in [5.41, 5.74) is 1.41. The van der Waals surface area contributed by atoms with E-state index in [1.807, 2.05) is 0 Å². The van der Waals surface area contributed by atoms with Crippen molar-refractivity contribution >= 4 is 10.8 Å². The summed E-state index contributed by atoms with van der Waals surface area (Å²) in [5.74, 6) is 0. The highest BCUT2D eigenvalue weighted by atomic mass is 15.1. The predicted octanol–water partition coefficient (Wildman–Crippen LogP) is 4.98. The molecule has 0 amide bonds. The molecule has 0 spiro atoms. The van der Waals surface area contributed by atoms with Crippen LogP contribution in [0.25, 0.3) is 10.8 Å². The number of rotatable bonds is 9. The van der Waals surface area contributed by atoms with E-state index in [1.54, 1.807) is 0 Å². The highest BCUT2D eigenvalue weighted by molar-refractivity contribution is 5.85. The summed E-state index contributed by atoms with van der Waals surface area (Å²) in [6.45, 7) is 6.12. The molecule has 24 heavy (non-hydrogen) atoms. The first kappa shape index (κ1) is 17.4. The number of fused-ring (bicyclic) bond motifs is 1. The van der Waals surface area contributed by atoms with Crippen LogP contribution in [-0.4, -0.2) is 31.1 Å². The number of piperidine rings is 1. The second-order valence-electron chi connectivity index (χ2n) is 7.13. The summed E-state index contributed by atoms with van der Waals surface area (Å²) in [6, 6.07) is 15.3. The Morgan fingerprint density at radius 1 is 0.792 bits per heavy atom. The van der Waals surface area contributed by atoms with Crippen molar-refractivity contribution in [2.75, 3.05) is 26.2 Å². The predicted molar refractivity (Wildman–Crippen MR) is 104 cm³/mol. The normalized spacial score (nSPS) is 15.8. The Kier molecular flexibility index (Phi) is 7.13. The molecule has 0 saturated carbocycles. The van der Waals surface area contributed by atoms with E-state index in [2.05, 4.69) is 52.7 Å². The van der Waals surface area contributed by atoms with Crippen LogP contribution in [0, 0.1) is 0 Å². The standard InChI is InChI=1S/C22H32N2/c1(2-7-16-24-17-8-3-9-18-24)6-15-23-19-21-13-10-12-20-11-4-5-14-22(20)21/h4-5,10-14,23H,1-3,6-9,15-19H2. The minimum atomic E-state index is 0.981. The largest absolute Gasteiger partial charge is 0.313 e. The van der Waals surface area contributed by atoms with Crippen molar-refractivity contribution in [3.05, 3.63) is 48.0 Å². The highest BCUT2D eigenvalue weighted by Crippen LogP contribution is 2.18. The Labute approximate surface area is 147 Å². The Bertz CT molecular complexity index is 596. The molecule has 2 aromatic carbocycles. The topological polar surface area (TPSA) is 15.3 Å². The van der Waals surface area contributed by atoms with Gasteiger partial charge in [-0.25, -0.2) is 0 Å². The van der Waals surface area contributed by atoms with E-state index in [0.717, 1.165) is 13.1 Å². The van der Waals surface area contributed by atoms with Crippen LogP contribution < -0.4 is 5.32 Å². The summed E-state index contributed by atoms with van der Waals surface area (Å²) in [7, 11) is 0. The molecule has 130 valence electrons. The number of nitrogens with zero attached hydrogens (tertiary/aromatic N) is 1. The summed E-state index contributed by atoms with van der Waals surface area (Å²) in [5, 5.41) is 6.35. The molecule has 0 atom stereocenters. The maximum absolute atomic E-state index is 3.62. The summed E-state index contributed by atoms with van der Waals surface area (Å²) in [4.78, 5) is 2.66. The molecule has 1 aliphatic rings. The van der Waals surface area contributed by atoms with Gasteiger partial charge in [-0.3, -0.25) is 0 Å². The Hall–Kier alpha value is -1.38. The first-order chi connectivity index (χ1) is 11.9. The molecule has 1 heterocycles. The molecule has 0 unspecified atom stereocenters. The maximum atomic E-state index is 3.62. The van der Waals surface area contributed by atoms with Gasteiger partial charge in [-0.15, -0.1) is 0 Å². The number of benzene rings is 2. The van der Waals surface area contributed by atoms with Crippen molar-refractivity contribution in [1.82, 2.24) is 10.2 Å². The molecule has 1 fully saturated rings. The highest BCUT2D eigenvalue weighted by Gasteiger charge is 2.08. The Morgan fingerprint density at radius 3 is 2.50 bits per heavy atom. The van der Waals surface area contributed by atoms with Gasteiger partial charge in [0, 0.05) is 6.54 Å². The zero-order valence-corrected chi connectivity index (χ0v) is 15.0. The maximum Gasteiger partial charge on any atom is 0.0211 e. The van der Waals surface area contributed by atoms with Crippen LogP contribution in [0.2, 0.25) is 0 Å². The van der Waals surface area contributed by atoms with E-state index in [1.165, 1.54) is 80.9 Å². The van der Waals surface area contributed by atoms with E-state index in [4.69, 9.17) is 0 Å². The number of nitrogens with one attached hydrogen (secondary N) is 1. The molecule has 0 bridgehead atoms. The monoisotopic (exact) mass is 324 g/mol. The van der Waals surface area contributed by atoms with E-state index >= 15 is 0 Å². The van der Waals surface area contributed by atoms with Crippen LogP contribution in [0.4, 0.5) is 0 Å². The first-order valence-corrected chi connectivity index (χ1v) is 9.83. The van der Waals surface area contributed by atoms with E-state index in [9.17, 15) is 0 Å². The van der Waals surface area contributed by atoms with Gasteiger partial charge < -0.3 is 10.2 Å². The molecule has 0 aromatic heterocycles. The number of hydrogen-bond acceptors (Lipinski definition) is 2. The fourth-order valence-corrected chi connectivity index (χ4v) is 3.79. The molecule has 0 aliphatic carbocycles. The third-order valence-electron chi connectivity index (χ3n) is 5.22. The van der Waals surface area contributed by atoms with Crippen LogP contribution in [0.15, 0.2) is 42.5 Å². The van der Waals surface area contributed by atoms with Crippen molar-refractivity contribution in [3.63, 3.8) is 0 Å². The molecular formula is C22H32N2. The third-order valence-corrected chi connectivity index (χ3v) is 5.22. The van der Waals surface area contributed by atoms with E-state index in [0.29, 0.717) is 0 Å². The summed E-state index contributed by atoms with van der Waals surface area (Å²) >= 11 is 0. The van der Waals surface area contributed by atoms with Crippen LogP contribution in [0.3, 0.4) is 0 Å². The van der Waals surface area contributed by atoms with Gasteiger partial charge >= 0.3 is 0 Å². The van der Waals surface area contributed by atoms with Gasteiger partial charge in [0.15, 0.2) is 0 Å². The van der Waals surface area contributed by atoms with Crippen LogP contribution >= 0.6 is 0 Å². The molecule has 1 saturated heterocycles. The smallest absolute Gasteiger partial charge is 0.0211 e. The lowest BCUT2D eigenvalue weighted by atomic mass is 10.0. The summed E-state index contributed by atoms with van der Waals surface area (Å²) < 4.78 is 0. The molecule has 0 radical (unpaired) electrons. The van der Waals surface area contributed by atoms with E-state index < -0.39 is 0 Å².